The lowest BCUT2D eigenvalue weighted by Crippen LogP contribution is -2.55. The van der Waals surface area contributed by atoms with Crippen molar-refractivity contribution in [3.63, 3.8) is 0 Å². The summed E-state index contributed by atoms with van der Waals surface area (Å²) in [6.45, 7) is 8.77. The summed E-state index contributed by atoms with van der Waals surface area (Å²) < 4.78 is 0. The summed E-state index contributed by atoms with van der Waals surface area (Å²) in [5.74, 6) is -1.19. The molecule has 0 bridgehead atoms. The molecule has 3 atom stereocenters. The van der Waals surface area contributed by atoms with E-state index in [1.165, 1.54) is 13.0 Å². The first kappa shape index (κ1) is 26.1. The van der Waals surface area contributed by atoms with E-state index < -0.39 is 29.9 Å². The zero-order valence-corrected chi connectivity index (χ0v) is 19.1. The Kier molecular flexibility index (Phi) is 11.2. The molecule has 7 nitrogen and oxygen atoms in total. The van der Waals surface area contributed by atoms with Crippen LogP contribution in [0.1, 0.15) is 53.0 Å². The van der Waals surface area contributed by atoms with Crippen LogP contribution in [-0.2, 0) is 25.6 Å². The lowest BCUT2D eigenvalue weighted by Gasteiger charge is -2.23. The standard InChI is InChI=1S/C24H35N3O4/c1-6-7-13-22(29)20(14-16(2)3)27-23(30)17(4)25-24(31)21(26-18(5)28)15-19-11-9-8-10-12-19/h7-13,16-17,20-21H,6,14-15H2,1-5H3,(H,25,31)(H,26,28)(H,27,30)/b13-7+/t17-,20-,21-/m0/s1. The molecule has 0 saturated carbocycles. The van der Waals surface area contributed by atoms with E-state index in [1.807, 2.05) is 51.1 Å². The summed E-state index contributed by atoms with van der Waals surface area (Å²) >= 11 is 0. The Morgan fingerprint density at radius 1 is 0.903 bits per heavy atom. The van der Waals surface area contributed by atoms with Gasteiger partial charge >= 0.3 is 0 Å². The van der Waals surface area contributed by atoms with Crippen LogP contribution in [0.25, 0.3) is 0 Å². The second kappa shape index (κ2) is 13.4. The quantitative estimate of drug-likeness (QED) is 0.444. The van der Waals surface area contributed by atoms with E-state index in [2.05, 4.69) is 16.0 Å². The fraction of sp³-hybridized carbons (Fsp3) is 0.500. The number of hydrogen-bond donors (Lipinski definition) is 3. The van der Waals surface area contributed by atoms with Gasteiger partial charge in [-0.15, -0.1) is 0 Å². The van der Waals surface area contributed by atoms with E-state index in [9.17, 15) is 19.2 Å². The summed E-state index contributed by atoms with van der Waals surface area (Å²) in [4.78, 5) is 49.4. The number of ketones is 1. The molecule has 1 aromatic rings. The molecule has 3 N–H and O–H groups in total. The van der Waals surface area contributed by atoms with Crippen LogP contribution in [0.15, 0.2) is 42.5 Å². The lowest BCUT2D eigenvalue weighted by molar-refractivity contribution is -0.132. The van der Waals surface area contributed by atoms with Gasteiger partial charge in [-0.2, -0.15) is 0 Å². The minimum atomic E-state index is -0.864. The summed E-state index contributed by atoms with van der Waals surface area (Å²) in [5, 5.41) is 8.04. The van der Waals surface area contributed by atoms with E-state index in [-0.39, 0.29) is 17.6 Å². The van der Waals surface area contributed by atoms with E-state index >= 15 is 0 Å². The van der Waals surface area contributed by atoms with Gasteiger partial charge in [-0.1, -0.05) is 57.2 Å². The van der Waals surface area contributed by atoms with Gasteiger partial charge in [-0.3, -0.25) is 19.2 Å². The van der Waals surface area contributed by atoms with Crippen molar-refractivity contribution in [2.75, 3.05) is 0 Å². The molecule has 0 aliphatic carbocycles. The maximum absolute atomic E-state index is 12.8. The molecule has 0 heterocycles. The molecular formula is C24H35N3O4. The molecule has 0 spiro atoms. The molecule has 31 heavy (non-hydrogen) atoms. The van der Waals surface area contributed by atoms with E-state index in [4.69, 9.17) is 0 Å². The van der Waals surface area contributed by atoms with Crippen LogP contribution in [0, 0.1) is 5.92 Å². The Bertz CT molecular complexity index is 774. The Hall–Kier alpha value is -2.96. The Balaban J connectivity index is 2.81. The third-order valence-electron chi connectivity index (χ3n) is 4.61. The number of hydrogen-bond acceptors (Lipinski definition) is 4. The first-order valence-electron chi connectivity index (χ1n) is 10.8. The van der Waals surface area contributed by atoms with Crippen LogP contribution < -0.4 is 16.0 Å². The highest BCUT2D eigenvalue weighted by atomic mass is 16.2. The van der Waals surface area contributed by atoms with Crippen LogP contribution in [-0.4, -0.2) is 41.6 Å². The maximum atomic E-state index is 12.8. The third kappa shape index (κ3) is 10.1. The Morgan fingerprint density at radius 2 is 1.55 bits per heavy atom. The van der Waals surface area contributed by atoms with E-state index in [0.717, 1.165) is 12.0 Å². The second-order valence-electron chi connectivity index (χ2n) is 8.08. The van der Waals surface area contributed by atoms with E-state index in [0.29, 0.717) is 12.8 Å². The average Bonchev–Trinajstić information content (AvgIpc) is 2.70. The molecule has 7 heteroatoms. The van der Waals surface area contributed by atoms with Gasteiger partial charge in [0.15, 0.2) is 5.78 Å². The van der Waals surface area contributed by atoms with Gasteiger partial charge < -0.3 is 16.0 Å². The van der Waals surface area contributed by atoms with Gasteiger partial charge in [0.05, 0.1) is 6.04 Å². The minimum absolute atomic E-state index is 0.164. The van der Waals surface area contributed by atoms with E-state index in [1.54, 1.807) is 13.0 Å². The highest BCUT2D eigenvalue weighted by Gasteiger charge is 2.26. The van der Waals surface area contributed by atoms with Crippen molar-refractivity contribution in [1.82, 2.24) is 16.0 Å². The fourth-order valence-electron chi connectivity index (χ4n) is 3.05. The number of benzene rings is 1. The molecule has 0 aromatic heterocycles. The van der Waals surface area contributed by atoms with Crippen molar-refractivity contribution in [2.24, 2.45) is 5.92 Å². The van der Waals surface area contributed by atoms with Crippen molar-refractivity contribution >= 4 is 23.5 Å². The normalized spacial score (nSPS) is 14.0. The van der Waals surface area contributed by atoms with Crippen molar-refractivity contribution < 1.29 is 19.2 Å². The molecule has 0 fully saturated rings. The zero-order chi connectivity index (χ0) is 23.4. The van der Waals surface area contributed by atoms with Gasteiger partial charge in [-0.05, 0) is 37.3 Å². The first-order chi connectivity index (χ1) is 14.6. The monoisotopic (exact) mass is 429 g/mol. The van der Waals surface area contributed by atoms with Crippen molar-refractivity contribution in [3.8, 4) is 0 Å². The SMILES string of the molecule is CC/C=C/C(=O)[C@H](CC(C)C)NC(=O)[C@H](C)NC(=O)[C@H](Cc1ccccc1)NC(C)=O. The molecule has 1 rings (SSSR count). The molecule has 3 amide bonds. The highest BCUT2D eigenvalue weighted by Crippen LogP contribution is 2.08. The van der Waals surface area contributed by atoms with Crippen molar-refractivity contribution in [1.29, 1.82) is 0 Å². The van der Waals surface area contributed by atoms with Crippen LogP contribution in [0.4, 0.5) is 0 Å². The second-order valence-corrected chi connectivity index (χ2v) is 8.08. The number of nitrogens with one attached hydrogen (secondary N) is 3. The predicted molar refractivity (Wildman–Crippen MR) is 121 cm³/mol. The van der Waals surface area contributed by atoms with Crippen molar-refractivity contribution in [3.05, 3.63) is 48.0 Å². The van der Waals surface area contributed by atoms with Gasteiger partial charge in [0.25, 0.3) is 0 Å². The summed E-state index contributed by atoms with van der Waals surface area (Å²) in [5.41, 5.74) is 0.888. The van der Waals surface area contributed by atoms with Crippen molar-refractivity contribution in [2.45, 2.75) is 72.0 Å². The number of carbonyl (C=O) groups excluding carboxylic acids is 4. The molecule has 0 aliphatic heterocycles. The van der Waals surface area contributed by atoms with Crippen LogP contribution in [0.5, 0.6) is 0 Å². The largest absolute Gasteiger partial charge is 0.344 e. The zero-order valence-electron chi connectivity index (χ0n) is 19.1. The molecular weight excluding hydrogens is 394 g/mol. The van der Waals surface area contributed by atoms with Crippen LogP contribution in [0.3, 0.4) is 0 Å². The summed E-state index contributed by atoms with van der Waals surface area (Å²) in [6, 6.07) is 6.99. The fourth-order valence-corrected chi connectivity index (χ4v) is 3.05. The molecule has 0 unspecified atom stereocenters. The topological polar surface area (TPSA) is 104 Å². The minimum Gasteiger partial charge on any atom is -0.344 e. The lowest BCUT2D eigenvalue weighted by atomic mass is 9.99. The van der Waals surface area contributed by atoms with Gasteiger partial charge in [0.1, 0.15) is 12.1 Å². The van der Waals surface area contributed by atoms with Gasteiger partial charge in [-0.25, -0.2) is 0 Å². The smallest absolute Gasteiger partial charge is 0.243 e. The number of rotatable bonds is 12. The first-order valence-corrected chi connectivity index (χ1v) is 10.8. The number of allylic oxidation sites excluding steroid dienone is 1. The highest BCUT2D eigenvalue weighted by molar-refractivity contribution is 5.98. The Morgan fingerprint density at radius 3 is 2.10 bits per heavy atom. The molecule has 0 saturated heterocycles. The van der Waals surface area contributed by atoms with Crippen LogP contribution >= 0.6 is 0 Å². The van der Waals surface area contributed by atoms with Gasteiger partial charge in [0, 0.05) is 13.3 Å². The predicted octanol–water partition coefficient (Wildman–Crippen LogP) is 2.30. The summed E-state index contributed by atoms with van der Waals surface area (Å²) in [6.07, 6.45) is 4.78. The number of carbonyl (C=O) groups is 4. The van der Waals surface area contributed by atoms with Crippen LogP contribution in [0.2, 0.25) is 0 Å². The van der Waals surface area contributed by atoms with Gasteiger partial charge in [0.2, 0.25) is 17.7 Å². The maximum Gasteiger partial charge on any atom is 0.243 e. The molecule has 0 aliphatic rings. The number of amides is 3. The summed E-state index contributed by atoms with van der Waals surface area (Å²) in [7, 11) is 0. The third-order valence-corrected chi connectivity index (χ3v) is 4.61. The molecule has 170 valence electrons. The molecule has 0 radical (unpaired) electrons. The average molecular weight is 430 g/mol. The Labute approximate surface area is 185 Å². The molecule has 1 aromatic carbocycles.